The van der Waals surface area contributed by atoms with Gasteiger partial charge in [-0.05, 0) is 42.0 Å². The van der Waals surface area contributed by atoms with E-state index in [-0.39, 0.29) is 34.5 Å². The number of methoxy groups -OCH3 is 1. The number of carbonyl (C=O) groups is 2. The van der Waals surface area contributed by atoms with Crippen molar-refractivity contribution >= 4 is 58.7 Å². The molecule has 0 N–H and O–H groups in total. The van der Waals surface area contributed by atoms with Crippen molar-refractivity contribution in [3.05, 3.63) is 62.2 Å². The molecule has 29 heavy (non-hydrogen) atoms. The number of nitrogens with zero attached hydrogens (tertiary/aromatic N) is 1. The predicted molar refractivity (Wildman–Crippen MR) is 111 cm³/mol. The van der Waals surface area contributed by atoms with E-state index >= 15 is 0 Å². The Labute approximate surface area is 181 Å². The number of rotatable bonds is 5. The highest BCUT2D eigenvalue weighted by molar-refractivity contribution is 6.37. The molecule has 1 aliphatic rings. The summed E-state index contributed by atoms with van der Waals surface area (Å²) in [6.07, 6.45) is 1.65. The second-order valence-electron chi connectivity index (χ2n) is 5.82. The van der Waals surface area contributed by atoms with Crippen molar-refractivity contribution in [2.24, 2.45) is 4.99 Å². The molecule has 0 saturated carbocycles. The van der Waals surface area contributed by atoms with Crippen molar-refractivity contribution in [3.63, 3.8) is 0 Å². The highest BCUT2D eigenvalue weighted by Gasteiger charge is 2.26. The van der Waals surface area contributed by atoms with E-state index in [1.807, 2.05) is 0 Å². The molecule has 6 nitrogen and oxygen atoms in total. The van der Waals surface area contributed by atoms with Crippen LogP contribution in [0.2, 0.25) is 15.1 Å². The van der Waals surface area contributed by atoms with Gasteiger partial charge in [0.2, 0.25) is 5.90 Å². The van der Waals surface area contributed by atoms with Crippen molar-refractivity contribution in [2.75, 3.05) is 7.11 Å². The summed E-state index contributed by atoms with van der Waals surface area (Å²) in [5, 5.41) is 0.899. The van der Waals surface area contributed by atoms with E-state index in [1.165, 1.54) is 25.3 Å². The van der Waals surface area contributed by atoms with Gasteiger partial charge in [-0.15, -0.1) is 0 Å². The second kappa shape index (κ2) is 8.86. The van der Waals surface area contributed by atoms with Crippen molar-refractivity contribution in [1.82, 2.24) is 0 Å². The fraction of sp³-hybridized carbons (Fsp3) is 0.150. The van der Waals surface area contributed by atoms with E-state index in [2.05, 4.69) is 4.99 Å². The molecular formula is C20H14Cl3NO5. The van der Waals surface area contributed by atoms with Gasteiger partial charge >= 0.3 is 11.9 Å². The van der Waals surface area contributed by atoms with Crippen LogP contribution in [0.5, 0.6) is 11.5 Å². The Hall–Kier alpha value is -2.54. The molecule has 0 radical (unpaired) electrons. The number of esters is 2. The van der Waals surface area contributed by atoms with Gasteiger partial charge in [-0.3, -0.25) is 4.79 Å². The van der Waals surface area contributed by atoms with Crippen LogP contribution in [0, 0.1) is 0 Å². The van der Waals surface area contributed by atoms with Crippen LogP contribution in [0.1, 0.15) is 24.5 Å². The molecule has 1 heterocycles. The lowest BCUT2D eigenvalue weighted by Crippen LogP contribution is -2.07. The lowest BCUT2D eigenvalue weighted by atomic mass is 10.1. The van der Waals surface area contributed by atoms with Crippen LogP contribution in [0.25, 0.3) is 6.08 Å². The lowest BCUT2D eigenvalue weighted by molar-refractivity contribution is -0.134. The van der Waals surface area contributed by atoms with Gasteiger partial charge in [0.15, 0.2) is 17.2 Å². The molecule has 0 fully saturated rings. The highest BCUT2D eigenvalue weighted by Crippen LogP contribution is 2.37. The third-order valence-electron chi connectivity index (χ3n) is 3.84. The average Bonchev–Trinajstić information content (AvgIpc) is 3.03. The SMILES string of the molecule is CCC(=O)Oc1c(Cl)cc(/C=C2\N=C(c3ccc(Cl)cc3Cl)OC2=O)cc1OC. The minimum Gasteiger partial charge on any atom is -0.493 e. The number of ether oxygens (including phenoxy) is 3. The molecule has 2 aromatic carbocycles. The first kappa shape index (κ1) is 21.2. The maximum atomic E-state index is 12.2. The molecule has 150 valence electrons. The molecule has 0 amide bonds. The van der Waals surface area contributed by atoms with Gasteiger partial charge < -0.3 is 14.2 Å². The Bertz CT molecular complexity index is 1060. The van der Waals surface area contributed by atoms with E-state index in [1.54, 1.807) is 25.1 Å². The number of hydrogen-bond acceptors (Lipinski definition) is 6. The lowest BCUT2D eigenvalue weighted by Gasteiger charge is -2.11. The molecule has 0 spiro atoms. The third kappa shape index (κ3) is 4.72. The molecule has 0 saturated heterocycles. The summed E-state index contributed by atoms with van der Waals surface area (Å²) >= 11 is 18.3. The van der Waals surface area contributed by atoms with Gasteiger partial charge in [-0.25, -0.2) is 9.79 Å². The van der Waals surface area contributed by atoms with Crippen LogP contribution in [0.15, 0.2) is 41.0 Å². The number of cyclic esters (lactones) is 1. The average molecular weight is 455 g/mol. The number of hydrogen-bond donors (Lipinski definition) is 0. The Kier molecular flexibility index (Phi) is 6.47. The molecule has 0 aromatic heterocycles. The molecule has 0 bridgehead atoms. The minimum absolute atomic E-state index is 0.0439. The monoisotopic (exact) mass is 453 g/mol. The van der Waals surface area contributed by atoms with Gasteiger partial charge in [0.05, 0.1) is 22.7 Å². The van der Waals surface area contributed by atoms with Gasteiger partial charge in [0.1, 0.15) is 0 Å². The summed E-state index contributed by atoms with van der Waals surface area (Å²) in [6, 6.07) is 7.83. The first-order valence-corrected chi connectivity index (χ1v) is 9.52. The molecule has 2 aromatic rings. The molecule has 0 unspecified atom stereocenters. The minimum atomic E-state index is -0.650. The largest absolute Gasteiger partial charge is 0.493 e. The summed E-state index contributed by atoms with van der Waals surface area (Å²) < 4.78 is 15.7. The molecular weight excluding hydrogens is 441 g/mol. The fourth-order valence-electron chi connectivity index (χ4n) is 2.45. The Morgan fingerprint density at radius 3 is 2.59 bits per heavy atom. The third-order valence-corrected chi connectivity index (χ3v) is 4.67. The molecule has 9 heteroatoms. The van der Waals surface area contributed by atoms with E-state index < -0.39 is 11.9 Å². The van der Waals surface area contributed by atoms with E-state index in [9.17, 15) is 9.59 Å². The molecule has 1 aliphatic heterocycles. The van der Waals surface area contributed by atoms with Crippen molar-refractivity contribution in [3.8, 4) is 11.5 Å². The molecule has 3 rings (SSSR count). The summed E-state index contributed by atoms with van der Waals surface area (Å²) in [5.74, 6) is -0.696. The van der Waals surface area contributed by atoms with Crippen LogP contribution < -0.4 is 9.47 Å². The van der Waals surface area contributed by atoms with Crippen LogP contribution in [-0.4, -0.2) is 24.9 Å². The van der Waals surface area contributed by atoms with E-state index in [0.717, 1.165) is 0 Å². The molecule has 0 aliphatic carbocycles. The number of aliphatic imine (C=N–C) groups is 1. The molecule has 0 atom stereocenters. The van der Waals surface area contributed by atoms with Crippen LogP contribution >= 0.6 is 34.8 Å². The van der Waals surface area contributed by atoms with E-state index in [0.29, 0.717) is 21.2 Å². The zero-order chi connectivity index (χ0) is 21.1. The summed E-state index contributed by atoms with van der Waals surface area (Å²) in [6.45, 7) is 1.66. The zero-order valence-electron chi connectivity index (χ0n) is 15.3. The van der Waals surface area contributed by atoms with Crippen LogP contribution in [0.3, 0.4) is 0 Å². The van der Waals surface area contributed by atoms with Crippen molar-refractivity contribution < 1.29 is 23.8 Å². The fourth-order valence-corrected chi connectivity index (χ4v) is 3.20. The predicted octanol–water partition coefficient (Wildman–Crippen LogP) is 5.32. The number of benzene rings is 2. The Morgan fingerprint density at radius 2 is 1.93 bits per heavy atom. The maximum absolute atomic E-state index is 12.2. The summed E-state index contributed by atoms with van der Waals surface area (Å²) in [7, 11) is 1.41. The summed E-state index contributed by atoms with van der Waals surface area (Å²) in [4.78, 5) is 28.0. The van der Waals surface area contributed by atoms with Gasteiger partial charge in [-0.2, -0.15) is 0 Å². The normalized spacial score (nSPS) is 14.6. The van der Waals surface area contributed by atoms with Crippen molar-refractivity contribution in [1.29, 1.82) is 0 Å². The zero-order valence-corrected chi connectivity index (χ0v) is 17.6. The van der Waals surface area contributed by atoms with Gasteiger partial charge in [0, 0.05) is 11.4 Å². The van der Waals surface area contributed by atoms with Gasteiger partial charge in [-0.1, -0.05) is 41.7 Å². The second-order valence-corrected chi connectivity index (χ2v) is 7.07. The van der Waals surface area contributed by atoms with Crippen molar-refractivity contribution in [2.45, 2.75) is 13.3 Å². The van der Waals surface area contributed by atoms with E-state index in [4.69, 9.17) is 49.0 Å². The number of carbonyl (C=O) groups excluding carboxylic acids is 2. The van der Waals surface area contributed by atoms with Crippen LogP contribution in [-0.2, 0) is 14.3 Å². The Morgan fingerprint density at radius 1 is 1.17 bits per heavy atom. The van der Waals surface area contributed by atoms with Crippen LogP contribution in [0.4, 0.5) is 0 Å². The smallest absolute Gasteiger partial charge is 0.363 e. The first-order chi connectivity index (χ1) is 13.8. The summed E-state index contributed by atoms with van der Waals surface area (Å²) in [5.41, 5.74) is 0.981. The first-order valence-electron chi connectivity index (χ1n) is 8.38. The topological polar surface area (TPSA) is 74.2 Å². The number of halogens is 3. The highest BCUT2D eigenvalue weighted by atomic mass is 35.5. The van der Waals surface area contributed by atoms with Gasteiger partial charge in [0.25, 0.3) is 0 Å². The quantitative estimate of drug-likeness (QED) is 0.347. The maximum Gasteiger partial charge on any atom is 0.363 e. The standard InChI is InChI=1S/C20H14Cl3NO5/c1-3-17(25)28-18-14(23)6-10(8-16(18)27-2)7-15-20(26)29-19(24-15)12-5-4-11(21)9-13(12)22/h4-9H,3H2,1-2H3/b15-7-. The Balaban J connectivity index is 1.97.